The maximum Gasteiger partial charge on any atom is 0.416 e. The highest BCUT2D eigenvalue weighted by atomic mass is 35.5. The summed E-state index contributed by atoms with van der Waals surface area (Å²) in [6, 6.07) is 3.99. The molecule has 2 aliphatic rings. The maximum absolute atomic E-state index is 13.3. The second kappa shape index (κ2) is 10.7. The second-order valence-corrected chi connectivity index (χ2v) is 12.2. The molecule has 40 heavy (non-hydrogen) atoms. The van der Waals surface area contributed by atoms with Gasteiger partial charge in [0.1, 0.15) is 11.8 Å². The van der Waals surface area contributed by atoms with Crippen molar-refractivity contribution in [3.8, 4) is 11.3 Å². The third-order valence-electron chi connectivity index (χ3n) is 7.63. The van der Waals surface area contributed by atoms with E-state index in [2.05, 4.69) is 10.6 Å². The molecule has 0 spiro atoms. The van der Waals surface area contributed by atoms with E-state index in [0.29, 0.717) is 19.3 Å². The number of alkyl halides is 3. The van der Waals surface area contributed by atoms with Gasteiger partial charge in [-0.1, -0.05) is 11.6 Å². The standard InChI is InChI=1S/C28H33ClF3N3O5/c1-26(2,3)34-16-6-10-22(27(4,14-16)25(38)39)35-12-11-19(24(35)37)33-23(36)21-9-8-20(40-21)17-13-15(28(30,31)32)5-7-18(17)29/h5,7-9,13,16,19,22,34H,6,10-12,14H2,1-4H3,(H,33,36)(H,38,39)/t16-,19+,22+,27-/m1/s1. The molecule has 4 atom stereocenters. The fourth-order valence-electron chi connectivity index (χ4n) is 5.76. The molecule has 2 aromatic rings. The quantitative estimate of drug-likeness (QED) is 0.423. The van der Waals surface area contributed by atoms with Crippen LogP contribution in [0.15, 0.2) is 34.7 Å². The summed E-state index contributed by atoms with van der Waals surface area (Å²) >= 11 is 6.08. The lowest BCUT2D eigenvalue weighted by molar-refractivity contribution is -0.158. The SMILES string of the molecule is CC(C)(C)N[C@@H]1CC[C@H](N2CC[C@H](NC(=O)c3ccc(-c4cc(C(F)(F)F)ccc4Cl)o3)C2=O)[C@](C)(C(=O)O)C1. The summed E-state index contributed by atoms with van der Waals surface area (Å²) in [5, 5.41) is 16.3. The van der Waals surface area contributed by atoms with Gasteiger partial charge < -0.3 is 25.1 Å². The molecule has 0 bridgehead atoms. The summed E-state index contributed by atoms with van der Waals surface area (Å²) in [7, 11) is 0. The van der Waals surface area contributed by atoms with E-state index in [1.165, 1.54) is 12.1 Å². The predicted molar refractivity (Wildman–Crippen MR) is 142 cm³/mol. The largest absolute Gasteiger partial charge is 0.481 e. The average Bonchev–Trinajstić information content (AvgIpc) is 3.45. The molecular weight excluding hydrogens is 551 g/mol. The minimum absolute atomic E-state index is 0.0102. The van der Waals surface area contributed by atoms with Gasteiger partial charge in [0.15, 0.2) is 5.76 Å². The van der Waals surface area contributed by atoms with E-state index in [0.717, 1.165) is 18.2 Å². The van der Waals surface area contributed by atoms with Crippen molar-refractivity contribution in [2.24, 2.45) is 5.41 Å². The monoisotopic (exact) mass is 583 g/mol. The van der Waals surface area contributed by atoms with Gasteiger partial charge in [0.05, 0.1) is 16.0 Å². The van der Waals surface area contributed by atoms with E-state index in [1.54, 1.807) is 11.8 Å². The molecule has 1 aliphatic heterocycles. The molecule has 1 aliphatic carbocycles. The Kier molecular flexibility index (Phi) is 8.03. The molecule has 2 fully saturated rings. The number of benzene rings is 1. The zero-order valence-corrected chi connectivity index (χ0v) is 23.4. The Balaban J connectivity index is 1.46. The van der Waals surface area contributed by atoms with Crippen LogP contribution in [0.25, 0.3) is 11.3 Å². The van der Waals surface area contributed by atoms with E-state index in [1.807, 2.05) is 20.8 Å². The zero-order valence-electron chi connectivity index (χ0n) is 22.7. The lowest BCUT2D eigenvalue weighted by atomic mass is 9.68. The number of furan rings is 1. The van der Waals surface area contributed by atoms with Crippen LogP contribution in [0.4, 0.5) is 13.2 Å². The molecular formula is C28H33ClF3N3O5. The van der Waals surface area contributed by atoms with Crippen LogP contribution in [0.3, 0.4) is 0 Å². The number of hydrogen-bond donors (Lipinski definition) is 3. The zero-order chi connectivity index (χ0) is 29.6. The van der Waals surface area contributed by atoms with Crippen molar-refractivity contribution in [3.05, 3.63) is 46.7 Å². The van der Waals surface area contributed by atoms with E-state index in [9.17, 15) is 32.7 Å². The number of carbonyl (C=O) groups is 3. The van der Waals surface area contributed by atoms with Gasteiger partial charge in [0.25, 0.3) is 5.91 Å². The smallest absolute Gasteiger partial charge is 0.416 e. The number of hydrogen-bond acceptors (Lipinski definition) is 5. The van der Waals surface area contributed by atoms with Crippen LogP contribution in [0.1, 0.15) is 69.5 Å². The van der Waals surface area contributed by atoms with E-state index in [-0.39, 0.29) is 52.6 Å². The van der Waals surface area contributed by atoms with Gasteiger partial charge in [0, 0.05) is 29.7 Å². The fourth-order valence-corrected chi connectivity index (χ4v) is 5.97. The van der Waals surface area contributed by atoms with Crippen molar-refractivity contribution < 1.29 is 37.1 Å². The lowest BCUT2D eigenvalue weighted by Crippen LogP contribution is -2.59. The van der Waals surface area contributed by atoms with Crippen molar-refractivity contribution >= 4 is 29.4 Å². The number of carboxylic acid groups (broad SMARTS) is 1. The number of nitrogens with zero attached hydrogens (tertiary/aromatic N) is 1. The van der Waals surface area contributed by atoms with Crippen LogP contribution in [-0.4, -0.2) is 58.0 Å². The normalized spacial score (nSPS) is 25.8. The minimum Gasteiger partial charge on any atom is -0.481 e. The predicted octanol–water partition coefficient (Wildman–Crippen LogP) is 5.35. The molecule has 4 rings (SSSR count). The first-order valence-electron chi connectivity index (χ1n) is 13.1. The Bertz CT molecular complexity index is 1300. The third kappa shape index (κ3) is 6.15. The molecule has 2 heterocycles. The maximum atomic E-state index is 13.3. The lowest BCUT2D eigenvalue weighted by Gasteiger charge is -2.47. The molecule has 0 unspecified atom stereocenters. The van der Waals surface area contributed by atoms with E-state index in [4.69, 9.17) is 16.0 Å². The molecule has 12 heteroatoms. The highest BCUT2D eigenvalue weighted by molar-refractivity contribution is 6.33. The Morgan fingerprint density at radius 2 is 1.82 bits per heavy atom. The van der Waals surface area contributed by atoms with Gasteiger partial charge in [-0.05, 0) is 83.7 Å². The van der Waals surface area contributed by atoms with Gasteiger partial charge in [-0.15, -0.1) is 0 Å². The first-order valence-corrected chi connectivity index (χ1v) is 13.5. The minimum atomic E-state index is -4.58. The summed E-state index contributed by atoms with van der Waals surface area (Å²) < 4.78 is 44.9. The Morgan fingerprint density at radius 3 is 2.45 bits per heavy atom. The number of aliphatic carboxylic acids is 1. The van der Waals surface area contributed by atoms with Crippen LogP contribution in [0.2, 0.25) is 5.02 Å². The first kappa shape index (κ1) is 29.9. The van der Waals surface area contributed by atoms with E-state index < -0.39 is 41.1 Å². The van der Waals surface area contributed by atoms with Crippen LogP contribution >= 0.6 is 11.6 Å². The number of halogens is 4. The number of carboxylic acids is 1. The summed E-state index contributed by atoms with van der Waals surface area (Å²) in [5.41, 5.74) is -2.30. The second-order valence-electron chi connectivity index (χ2n) is 11.8. The van der Waals surface area contributed by atoms with E-state index >= 15 is 0 Å². The van der Waals surface area contributed by atoms with Gasteiger partial charge in [-0.2, -0.15) is 13.2 Å². The molecule has 3 N–H and O–H groups in total. The first-order chi connectivity index (χ1) is 18.5. The van der Waals surface area contributed by atoms with Crippen LogP contribution in [0, 0.1) is 5.41 Å². The molecule has 1 saturated carbocycles. The third-order valence-corrected chi connectivity index (χ3v) is 7.96. The molecule has 1 aromatic carbocycles. The number of nitrogens with one attached hydrogen (secondary N) is 2. The summed E-state index contributed by atoms with van der Waals surface area (Å²) in [6.45, 7) is 8.01. The van der Waals surface area contributed by atoms with Crippen LogP contribution in [0.5, 0.6) is 0 Å². The number of likely N-dealkylation sites (tertiary alicyclic amines) is 1. The van der Waals surface area contributed by atoms with Crippen LogP contribution < -0.4 is 10.6 Å². The summed E-state index contributed by atoms with van der Waals surface area (Å²) in [6.07, 6.45) is -2.73. The molecule has 8 nitrogen and oxygen atoms in total. The van der Waals surface area contributed by atoms with Gasteiger partial charge in [0.2, 0.25) is 5.91 Å². The number of rotatable bonds is 6. The molecule has 1 aromatic heterocycles. The Morgan fingerprint density at radius 1 is 1.12 bits per heavy atom. The highest BCUT2D eigenvalue weighted by Gasteiger charge is 2.52. The van der Waals surface area contributed by atoms with Crippen LogP contribution in [-0.2, 0) is 15.8 Å². The van der Waals surface area contributed by atoms with Gasteiger partial charge >= 0.3 is 12.1 Å². The van der Waals surface area contributed by atoms with Crippen molar-refractivity contribution in [3.63, 3.8) is 0 Å². The van der Waals surface area contributed by atoms with Crippen molar-refractivity contribution in [2.75, 3.05) is 6.54 Å². The average molecular weight is 584 g/mol. The number of carbonyl (C=O) groups excluding carboxylic acids is 2. The molecule has 2 amide bonds. The van der Waals surface area contributed by atoms with Gasteiger partial charge in [-0.25, -0.2) is 0 Å². The van der Waals surface area contributed by atoms with Crippen molar-refractivity contribution in [1.82, 2.24) is 15.5 Å². The molecule has 218 valence electrons. The Hall–Kier alpha value is -3.05. The molecule has 0 radical (unpaired) electrons. The summed E-state index contributed by atoms with van der Waals surface area (Å²) in [4.78, 5) is 40.2. The highest BCUT2D eigenvalue weighted by Crippen LogP contribution is 2.42. The fraction of sp³-hybridized carbons (Fsp3) is 0.536. The summed E-state index contributed by atoms with van der Waals surface area (Å²) in [5.74, 6) is -2.29. The Labute approximate surface area is 235 Å². The van der Waals surface area contributed by atoms with Crippen molar-refractivity contribution in [2.45, 2.75) is 83.2 Å². The topological polar surface area (TPSA) is 112 Å². The van der Waals surface area contributed by atoms with Crippen molar-refractivity contribution in [1.29, 1.82) is 0 Å². The number of amides is 2. The molecule has 1 saturated heterocycles. The van der Waals surface area contributed by atoms with Gasteiger partial charge in [-0.3, -0.25) is 14.4 Å².